The number of rotatable bonds is 6. The highest BCUT2D eigenvalue weighted by Gasteiger charge is 2.17. The van der Waals surface area contributed by atoms with Crippen LogP contribution in [0.25, 0.3) is 121 Å². The maximum Gasteiger partial charge on any atom is 0.164 e. The number of pyridine rings is 1. The van der Waals surface area contributed by atoms with E-state index in [1.165, 1.54) is 37.5 Å². The van der Waals surface area contributed by atoms with Crippen molar-refractivity contribution in [1.82, 2.24) is 28.7 Å². The zero-order valence-electron chi connectivity index (χ0n) is 31.8. The molecule has 0 bridgehead atoms. The lowest BCUT2D eigenvalue weighted by atomic mass is 9.97. The maximum atomic E-state index is 5.14. The number of benzene rings is 8. The Labute approximate surface area is 352 Å². The Kier molecular flexibility index (Phi) is 8.11. The molecular weight excluding hydrogens is 773 g/mol. The summed E-state index contributed by atoms with van der Waals surface area (Å²) in [4.78, 5) is 20.2. The molecule has 4 aromatic heterocycles. The van der Waals surface area contributed by atoms with Crippen LogP contribution in [0.2, 0.25) is 0 Å². The van der Waals surface area contributed by atoms with Crippen LogP contribution in [0.5, 0.6) is 0 Å². The third-order valence-corrected chi connectivity index (χ3v) is 13.0. The Morgan fingerprint density at radius 1 is 0.333 bits per heavy atom. The molecule has 6 nitrogen and oxygen atoms in total. The van der Waals surface area contributed by atoms with Crippen molar-refractivity contribution in [2.45, 2.75) is 0 Å². The molecular formula is C52H30N6S2. The number of para-hydroxylation sites is 1. The van der Waals surface area contributed by atoms with E-state index in [0.717, 1.165) is 77.3 Å². The van der Waals surface area contributed by atoms with Gasteiger partial charge in [0.2, 0.25) is 0 Å². The Balaban J connectivity index is 0.879. The number of hydrogen-bond donors (Lipinski definition) is 0. The van der Waals surface area contributed by atoms with Crippen LogP contribution >= 0.6 is 23.1 Å². The lowest BCUT2D eigenvalue weighted by Gasteiger charge is -2.11. The average molecular weight is 803 g/mol. The van der Waals surface area contributed by atoms with Gasteiger partial charge in [0.1, 0.15) is 11.0 Å². The van der Waals surface area contributed by atoms with Crippen LogP contribution in [-0.4, -0.2) is 28.7 Å². The van der Waals surface area contributed by atoms with Crippen LogP contribution in [0, 0.1) is 0 Å². The monoisotopic (exact) mass is 802 g/mol. The SMILES string of the molecule is c1ccc(-c2nc(-c3ccc(-c4ccc(-c5nc6ccccc6c6c5ccc5nsnc56)cc4)cc3)nc(-c3ccc(-c4cccc5c4sc4ccccc45)cc3)n2)cc1. The van der Waals surface area contributed by atoms with E-state index >= 15 is 0 Å². The average Bonchev–Trinajstić information content (AvgIpc) is 3.97. The summed E-state index contributed by atoms with van der Waals surface area (Å²) in [6.07, 6.45) is 0. The molecule has 8 aromatic carbocycles. The third kappa shape index (κ3) is 5.84. The summed E-state index contributed by atoms with van der Waals surface area (Å²) in [6.45, 7) is 0. The fourth-order valence-electron chi connectivity index (χ4n) is 8.26. The van der Waals surface area contributed by atoms with Crippen LogP contribution < -0.4 is 0 Å². The van der Waals surface area contributed by atoms with E-state index in [2.05, 4.69) is 148 Å². The first-order chi connectivity index (χ1) is 29.7. The van der Waals surface area contributed by atoms with E-state index in [9.17, 15) is 0 Å². The molecule has 0 atom stereocenters. The largest absolute Gasteiger partial charge is 0.247 e. The number of aromatic nitrogens is 6. The Bertz CT molecular complexity index is 3580. The predicted octanol–water partition coefficient (Wildman–Crippen LogP) is 13.9. The zero-order valence-corrected chi connectivity index (χ0v) is 33.5. The number of thiophene rings is 1. The van der Waals surface area contributed by atoms with Crippen molar-refractivity contribution in [3.8, 4) is 67.7 Å². The topological polar surface area (TPSA) is 77.3 Å². The number of fused-ring (bicyclic) bond motifs is 8. The zero-order chi connectivity index (χ0) is 39.6. The van der Waals surface area contributed by atoms with Gasteiger partial charge in [-0.05, 0) is 46.5 Å². The Morgan fingerprint density at radius 2 is 0.900 bits per heavy atom. The molecule has 0 aliphatic rings. The summed E-state index contributed by atoms with van der Waals surface area (Å²) < 4.78 is 11.8. The van der Waals surface area contributed by atoms with E-state index < -0.39 is 0 Å². The molecule has 280 valence electrons. The summed E-state index contributed by atoms with van der Waals surface area (Å²) in [5.41, 5.74) is 12.1. The molecule has 0 N–H and O–H groups in total. The first kappa shape index (κ1) is 34.5. The first-order valence-corrected chi connectivity index (χ1v) is 21.2. The van der Waals surface area contributed by atoms with Gasteiger partial charge >= 0.3 is 0 Å². The van der Waals surface area contributed by atoms with Gasteiger partial charge in [0.15, 0.2) is 17.5 Å². The van der Waals surface area contributed by atoms with Crippen molar-refractivity contribution in [2.24, 2.45) is 0 Å². The van der Waals surface area contributed by atoms with E-state index in [1.54, 1.807) is 0 Å². The fraction of sp³-hybridized carbons (Fsp3) is 0. The molecule has 0 aliphatic heterocycles. The van der Waals surface area contributed by atoms with Crippen LogP contribution in [0.3, 0.4) is 0 Å². The Morgan fingerprint density at radius 3 is 1.62 bits per heavy atom. The molecule has 8 heteroatoms. The van der Waals surface area contributed by atoms with Crippen LogP contribution in [0.15, 0.2) is 182 Å². The molecule has 0 saturated carbocycles. The van der Waals surface area contributed by atoms with E-state index in [0.29, 0.717) is 17.5 Å². The van der Waals surface area contributed by atoms with Gasteiger partial charge in [-0.3, -0.25) is 0 Å². The van der Waals surface area contributed by atoms with Gasteiger partial charge in [0.05, 0.1) is 22.9 Å². The minimum atomic E-state index is 0.624. The molecule has 4 heterocycles. The van der Waals surface area contributed by atoms with Gasteiger partial charge in [-0.1, -0.05) is 158 Å². The van der Waals surface area contributed by atoms with Crippen molar-refractivity contribution in [3.63, 3.8) is 0 Å². The molecule has 0 spiro atoms. The van der Waals surface area contributed by atoms with Crippen molar-refractivity contribution < 1.29 is 0 Å². The standard InChI is InChI=1S/C52H30N6S2/c1-2-9-35(10-3-1)50-54-51(56-52(55-50)37-27-21-33(22-28-37)38-13-8-14-40-39-11-5-7-16-45(39)59-49(38)40)36-25-19-32(20-26-36)31-17-23-34(24-18-31)47-42-29-30-44-48(58-60-57-44)46(42)41-12-4-6-15-43(41)53-47/h1-30H. The molecule has 12 rings (SSSR count). The normalized spacial score (nSPS) is 11.7. The van der Waals surface area contributed by atoms with Gasteiger partial charge in [-0.25, -0.2) is 19.9 Å². The highest BCUT2D eigenvalue weighted by molar-refractivity contribution is 7.26. The van der Waals surface area contributed by atoms with Crippen molar-refractivity contribution in [3.05, 3.63) is 182 Å². The quantitative estimate of drug-likeness (QED) is 0.156. The van der Waals surface area contributed by atoms with Gasteiger partial charge in [-0.2, -0.15) is 8.75 Å². The fourth-order valence-corrected chi connectivity index (χ4v) is 10.0. The first-order valence-electron chi connectivity index (χ1n) is 19.7. The summed E-state index contributed by atoms with van der Waals surface area (Å²) in [7, 11) is 0. The molecule has 0 aliphatic carbocycles. The van der Waals surface area contributed by atoms with Crippen LogP contribution in [0.1, 0.15) is 0 Å². The summed E-state index contributed by atoms with van der Waals surface area (Å²) in [5.74, 6) is 1.89. The Hall–Kier alpha value is -7.52. The third-order valence-electron chi connectivity index (χ3n) is 11.2. The second-order valence-corrected chi connectivity index (χ2v) is 16.4. The highest BCUT2D eigenvalue weighted by atomic mass is 32.1. The molecule has 60 heavy (non-hydrogen) atoms. The number of nitrogens with zero attached hydrogens (tertiary/aromatic N) is 6. The highest BCUT2D eigenvalue weighted by Crippen LogP contribution is 2.41. The van der Waals surface area contributed by atoms with Crippen LogP contribution in [0.4, 0.5) is 0 Å². The predicted molar refractivity (Wildman–Crippen MR) is 249 cm³/mol. The van der Waals surface area contributed by atoms with E-state index in [4.69, 9.17) is 19.9 Å². The minimum Gasteiger partial charge on any atom is -0.247 e. The molecule has 0 fully saturated rings. The van der Waals surface area contributed by atoms with Crippen molar-refractivity contribution in [2.75, 3.05) is 0 Å². The van der Waals surface area contributed by atoms with Gasteiger partial charge in [0, 0.05) is 58.6 Å². The second kappa shape index (κ2) is 14.1. The second-order valence-electron chi connectivity index (χ2n) is 14.8. The summed E-state index contributed by atoms with van der Waals surface area (Å²) in [6, 6.07) is 63.4. The van der Waals surface area contributed by atoms with E-state index in [-0.39, 0.29) is 0 Å². The maximum absolute atomic E-state index is 5.14. The molecule has 0 radical (unpaired) electrons. The van der Waals surface area contributed by atoms with Gasteiger partial charge in [-0.15, -0.1) is 11.3 Å². The lowest BCUT2D eigenvalue weighted by molar-refractivity contribution is 1.07. The molecule has 0 amide bonds. The smallest absolute Gasteiger partial charge is 0.164 e. The minimum absolute atomic E-state index is 0.624. The molecule has 0 saturated heterocycles. The van der Waals surface area contributed by atoms with Crippen molar-refractivity contribution >= 4 is 75.9 Å². The molecule has 0 unspecified atom stereocenters. The van der Waals surface area contributed by atoms with Gasteiger partial charge in [0.25, 0.3) is 0 Å². The van der Waals surface area contributed by atoms with E-state index in [1.807, 2.05) is 53.8 Å². The van der Waals surface area contributed by atoms with Gasteiger partial charge < -0.3 is 0 Å². The lowest BCUT2D eigenvalue weighted by Crippen LogP contribution is -2.00. The van der Waals surface area contributed by atoms with Crippen LogP contribution in [-0.2, 0) is 0 Å². The summed E-state index contributed by atoms with van der Waals surface area (Å²) >= 11 is 3.09. The van der Waals surface area contributed by atoms with Crippen molar-refractivity contribution in [1.29, 1.82) is 0 Å². The molecule has 12 aromatic rings. The summed E-state index contributed by atoms with van der Waals surface area (Å²) in [5, 5.41) is 5.84. The number of hydrogen-bond acceptors (Lipinski definition) is 8.